The van der Waals surface area contributed by atoms with Crippen molar-refractivity contribution in [3.05, 3.63) is 0 Å². The third-order valence-electron chi connectivity index (χ3n) is 4.45. The van der Waals surface area contributed by atoms with Crippen LogP contribution in [0.3, 0.4) is 0 Å². The van der Waals surface area contributed by atoms with Crippen LogP contribution in [0.5, 0.6) is 0 Å². The number of primary amides is 1. The van der Waals surface area contributed by atoms with Gasteiger partial charge in [0.1, 0.15) is 6.61 Å². The van der Waals surface area contributed by atoms with E-state index >= 15 is 0 Å². The molecule has 0 rings (SSSR count). The molecule has 0 saturated heterocycles. The van der Waals surface area contributed by atoms with Crippen LogP contribution in [-0.4, -0.2) is 81.3 Å². The van der Waals surface area contributed by atoms with Gasteiger partial charge in [-0.25, -0.2) is 4.79 Å². The molecular weight excluding hydrogens is 390 g/mol. The Hall–Kier alpha value is -1.95. The number of nitrogens with one attached hydrogen (secondary N) is 2. The van der Waals surface area contributed by atoms with Crippen LogP contribution in [0.4, 0.5) is 4.79 Å². The first kappa shape index (κ1) is 28.1. The molecule has 30 heavy (non-hydrogen) atoms. The molecular formula is C19H41N7O4. The SMILES string of the molecule is NCCCCNCC(=O)N(CCCCN)CC(=O)N[C@H](CCCCN)COC(N)=O. The number of rotatable bonds is 19. The Balaban J connectivity index is 4.69. The first-order chi connectivity index (χ1) is 14.4. The molecule has 0 spiro atoms. The smallest absolute Gasteiger partial charge is 0.404 e. The fourth-order valence-electron chi connectivity index (χ4n) is 2.80. The minimum Gasteiger partial charge on any atom is -0.448 e. The summed E-state index contributed by atoms with van der Waals surface area (Å²) in [5, 5.41) is 5.91. The van der Waals surface area contributed by atoms with E-state index in [0.29, 0.717) is 45.6 Å². The molecule has 0 aliphatic heterocycles. The highest BCUT2D eigenvalue weighted by molar-refractivity contribution is 5.85. The number of amides is 3. The maximum Gasteiger partial charge on any atom is 0.404 e. The van der Waals surface area contributed by atoms with Crippen molar-refractivity contribution in [2.45, 2.75) is 51.0 Å². The maximum absolute atomic E-state index is 12.5. The van der Waals surface area contributed by atoms with E-state index in [9.17, 15) is 14.4 Å². The predicted molar refractivity (Wildman–Crippen MR) is 116 cm³/mol. The first-order valence-electron chi connectivity index (χ1n) is 10.7. The van der Waals surface area contributed by atoms with Gasteiger partial charge in [-0.2, -0.15) is 0 Å². The summed E-state index contributed by atoms with van der Waals surface area (Å²) in [6.45, 7) is 2.90. The highest BCUT2D eigenvalue weighted by Gasteiger charge is 2.19. The summed E-state index contributed by atoms with van der Waals surface area (Å²) >= 11 is 0. The fraction of sp³-hybridized carbons (Fsp3) is 0.842. The van der Waals surface area contributed by atoms with E-state index < -0.39 is 6.09 Å². The molecule has 0 aromatic heterocycles. The number of carbonyl (C=O) groups excluding carboxylic acids is 3. The second-order valence-corrected chi connectivity index (χ2v) is 7.16. The van der Waals surface area contributed by atoms with Gasteiger partial charge in [0.25, 0.3) is 0 Å². The number of nitrogens with zero attached hydrogens (tertiary/aromatic N) is 1. The number of ether oxygens (including phenoxy) is 1. The van der Waals surface area contributed by atoms with Crippen LogP contribution >= 0.6 is 0 Å². The lowest BCUT2D eigenvalue weighted by atomic mass is 10.1. The number of carbonyl (C=O) groups is 3. The molecule has 176 valence electrons. The van der Waals surface area contributed by atoms with Gasteiger partial charge in [0.2, 0.25) is 11.8 Å². The summed E-state index contributed by atoms with van der Waals surface area (Å²) in [6, 6.07) is -0.382. The molecule has 11 heteroatoms. The van der Waals surface area contributed by atoms with Gasteiger partial charge in [-0.15, -0.1) is 0 Å². The van der Waals surface area contributed by atoms with Crippen molar-refractivity contribution in [2.75, 3.05) is 52.4 Å². The van der Waals surface area contributed by atoms with Crippen LogP contribution in [0.2, 0.25) is 0 Å². The Morgan fingerprint density at radius 3 is 2.17 bits per heavy atom. The molecule has 0 aromatic carbocycles. The van der Waals surface area contributed by atoms with Crippen molar-refractivity contribution in [2.24, 2.45) is 22.9 Å². The Labute approximate surface area is 179 Å². The molecule has 0 aromatic rings. The van der Waals surface area contributed by atoms with E-state index in [2.05, 4.69) is 10.6 Å². The summed E-state index contributed by atoms with van der Waals surface area (Å²) in [4.78, 5) is 37.5. The molecule has 0 aliphatic rings. The zero-order chi connectivity index (χ0) is 22.6. The Kier molecular flexibility index (Phi) is 17.8. The Morgan fingerprint density at radius 2 is 1.53 bits per heavy atom. The summed E-state index contributed by atoms with van der Waals surface area (Å²) in [6.07, 6.45) is 4.53. The fourth-order valence-corrected chi connectivity index (χ4v) is 2.80. The quantitative estimate of drug-likeness (QED) is 0.134. The topological polar surface area (TPSA) is 192 Å². The van der Waals surface area contributed by atoms with Gasteiger partial charge in [0.15, 0.2) is 0 Å². The van der Waals surface area contributed by atoms with Crippen molar-refractivity contribution in [1.82, 2.24) is 15.5 Å². The maximum atomic E-state index is 12.5. The summed E-state index contributed by atoms with van der Waals surface area (Å²) in [5.74, 6) is -0.465. The van der Waals surface area contributed by atoms with E-state index in [1.165, 1.54) is 4.90 Å². The van der Waals surface area contributed by atoms with Crippen molar-refractivity contribution in [1.29, 1.82) is 0 Å². The van der Waals surface area contributed by atoms with Gasteiger partial charge < -0.3 is 43.2 Å². The largest absolute Gasteiger partial charge is 0.448 e. The third kappa shape index (κ3) is 15.9. The van der Waals surface area contributed by atoms with Crippen LogP contribution < -0.4 is 33.6 Å². The van der Waals surface area contributed by atoms with Crippen LogP contribution in [-0.2, 0) is 14.3 Å². The molecule has 11 nitrogen and oxygen atoms in total. The second-order valence-electron chi connectivity index (χ2n) is 7.16. The van der Waals surface area contributed by atoms with Crippen molar-refractivity contribution >= 4 is 17.9 Å². The van der Waals surface area contributed by atoms with Gasteiger partial charge in [0.05, 0.1) is 19.1 Å². The molecule has 0 heterocycles. The average molecular weight is 432 g/mol. The molecule has 10 N–H and O–H groups in total. The molecule has 0 bridgehead atoms. The van der Waals surface area contributed by atoms with E-state index in [1.807, 2.05) is 0 Å². The summed E-state index contributed by atoms with van der Waals surface area (Å²) in [7, 11) is 0. The van der Waals surface area contributed by atoms with E-state index in [-0.39, 0.29) is 37.6 Å². The van der Waals surface area contributed by atoms with Crippen molar-refractivity contribution < 1.29 is 19.1 Å². The molecule has 0 fully saturated rings. The van der Waals surface area contributed by atoms with Crippen molar-refractivity contribution in [3.8, 4) is 0 Å². The molecule has 0 unspecified atom stereocenters. The molecule has 0 aliphatic carbocycles. The minimum atomic E-state index is -0.896. The standard InChI is InChI=1S/C19H41N7O4/c20-8-2-1-7-16(15-30-19(23)29)25-17(27)14-26(12-6-4-10-22)18(28)13-24-11-5-3-9-21/h16,24H,1-15,20-22H2,(H2,23,29)(H,25,27)/t16-/m1/s1. The lowest BCUT2D eigenvalue weighted by Crippen LogP contribution is -2.48. The van der Waals surface area contributed by atoms with Crippen LogP contribution in [0, 0.1) is 0 Å². The Morgan fingerprint density at radius 1 is 0.900 bits per heavy atom. The number of nitrogens with two attached hydrogens (primary N) is 4. The zero-order valence-corrected chi connectivity index (χ0v) is 18.1. The van der Waals surface area contributed by atoms with Gasteiger partial charge in [-0.3, -0.25) is 9.59 Å². The van der Waals surface area contributed by atoms with E-state index in [4.69, 9.17) is 27.7 Å². The number of unbranched alkanes of at least 4 members (excludes halogenated alkanes) is 3. The first-order valence-corrected chi connectivity index (χ1v) is 10.7. The van der Waals surface area contributed by atoms with Gasteiger partial charge in [-0.05, 0) is 64.7 Å². The molecule has 0 saturated carbocycles. The van der Waals surface area contributed by atoms with Crippen LogP contribution in [0.1, 0.15) is 44.9 Å². The molecule has 1 atom stereocenters. The summed E-state index contributed by atoms with van der Waals surface area (Å²) in [5.41, 5.74) is 21.5. The molecule has 0 radical (unpaired) electrons. The van der Waals surface area contributed by atoms with Crippen LogP contribution in [0.25, 0.3) is 0 Å². The van der Waals surface area contributed by atoms with Gasteiger partial charge in [0, 0.05) is 6.54 Å². The number of hydrogen-bond acceptors (Lipinski definition) is 8. The lowest BCUT2D eigenvalue weighted by molar-refractivity contribution is -0.135. The lowest BCUT2D eigenvalue weighted by Gasteiger charge is -2.24. The van der Waals surface area contributed by atoms with Crippen LogP contribution in [0.15, 0.2) is 0 Å². The summed E-state index contributed by atoms with van der Waals surface area (Å²) < 4.78 is 4.83. The van der Waals surface area contributed by atoms with Gasteiger partial charge in [-0.1, -0.05) is 6.42 Å². The van der Waals surface area contributed by atoms with Crippen molar-refractivity contribution in [3.63, 3.8) is 0 Å². The van der Waals surface area contributed by atoms with E-state index in [0.717, 1.165) is 32.1 Å². The number of hydrogen-bond donors (Lipinski definition) is 6. The van der Waals surface area contributed by atoms with E-state index in [1.54, 1.807) is 0 Å². The highest BCUT2D eigenvalue weighted by Crippen LogP contribution is 2.03. The zero-order valence-electron chi connectivity index (χ0n) is 18.1. The monoisotopic (exact) mass is 431 g/mol. The average Bonchev–Trinajstić information content (AvgIpc) is 2.71. The third-order valence-corrected chi connectivity index (χ3v) is 4.45. The molecule has 3 amide bonds. The second kappa shape index (κ2) is 19.0. The normalized spacial score (nSPS) is 11.7. The predicted octanol–water partition coefficient (Wildman–Crippen LogP) is -1.41. The minimum absolute atomic E-state index is 0.0184. The van der Waals surface area contributed by atoms with Gasteiger partial charge >= 0.3 is 6.09 Å². The highest BCUT2D eigenvalue weighted by atomic mass is 16.5. The Bertz CT molecular complexity index is 480.